The Hall–Kier alpha value is -2.70. The van der Waals surface area contributed by atoms with E-state index in [1.54, 1.807) is 12.1 Å². The second kappa shape index (κ2) is 7.46. The first-order chi connectivity index (χ1) is 15.0. The Labute approximate surface area is 185 Å². The summed E-state index contributed by atoms with van der Waals surface area (Å²) < 4.78 is 0. The number of carbonyl (C=O) groups excluding carboxylic acids is 3. The number of hydrogen-bond donors (Lipinski definition) is 2. The quantitative estimate of drug-likeness (QED) is 0.704. The first-order valence-electron chi connectivity index (χ1n) is 10.8. The van der Waals surface area contributed by atoms with Crippen LogP contribution in [0.5, 0.6) is 0 Å². The van der Waals surface area contributed by atoms with E-state index in [2.05, 4.69) is 10.6 Å². The summed E-state index contributed by atoms with van der Waals surface area (Å²) in [6, 6.07) is 14.8. The summed E-state index contributed by atoms with van der Waals surface area (Å²) in [5, 5.41) is 6.75. The van der Waals surface area contributed by atoms with Gasteiger partial charge in [0.2, 0.25) is 17.7 Å². The van der Waals surface area contributed by atoms with Crippen LogP contribution in [0.2, 0.25) is 5.02 Å². The fourth-order valence-corrected chi connectivity index (χ4v) is 5.65. The normalized spacial score (nSPS) is 28.9. The van der Waals surface area contributed by atoms with Crippen LogP contribution in [0.15, 0.2) is 48.5 Å². The summed E-state index contributed by atoms with van der Waals surface area (Å²) in [6.45, 7) is 2.41. The molecule has 0 saturated carbocycles. The average molecular weight is 438 g/mol. The van der Waals surface area contributed by atoms with Crippen molar-refractivity contribution in [1.29, 1.82) is 0 Å². The lowest BCUT2D eigenvalue weighted by molar-refractivity contribution is -0.142. The van der Waals surface area contributed by atoms with Crippen molar-refractivity contribution in [2.24, 2.45) is 11.8 Å². The van der Waals surface area contributed by atoms with Gasteiger partial charge >= 0.3 is 0 Å². The van der Waals surface area contributed by atoms with E-state index in [1.165, 1.54) is 4.90 Å². The van der Waals surface area contributed by atoms with Crippen LogP contribution in [0.3, 0.4) is 0 Å². The third kappa shape index (κ3) is 2.85. The lowest BCUT2D eigenvalue weighted by Crippen LogP contribution is -2.53. The van der Waals surface area contributed by atoms with Gasteiger partial charge in [-0.3, -0.25) is 24.6 Å². The molecule has 2 aromatic carbocycles. The number of nitrogens with one attached hydrogen (secondary N) is 2. The SMILES string of the molecule is CCCCN1C(=O)[C@@H]2[C@H](Cc3ccccc3)N[C@]3(C(=O)Nc4c(Cl)cccc43)[C@@H]2C1=O. The number of nitrogens with zero attached hydrogens (tertiary/aromatic N) is 1. The van der Waals surface area contributed by atoms with Crippen LogP contribution in [0.25, 0.3) is 0 Å². The minimum atomic E-state index is -1.29. The summed E-state index contributed by atoms with van der Waals surface area (Å²) in [4.78, 5) is 41.8. The smallest absolute Gasteiger partial charge is 0.250 e. The summed E-state index contributed by atoms with van der Waals surface area (Å²) in [5.41, 5.74) is 0.924. The number of para-hydroxylation sites is 1. The van der Waals surface area contributed by atoms with Crippen LogP contribution in [-0.2, 0) is 26.3 Å². The summed E-state index contributed by atoms with van der Waals surface area (Å²) in [5.74, 6) is -2.16. The van der Waals surface area contributed by atoms with Gasteiger partial charge in [0, 0.05) is 18.2 Å². The van der Waals surface area contributed by atoms with Crippen molar-refractivity contribution in [3.8, 4) is 0 Å². The fraction of sp³-hybridized carbons (Fsp3) is 0.375. The minimum Gasteiger partial charge on any atom is -0.323 e. The zero-order valence-electron chi connectivity index (χ0n) is 17.2. The Bertz CT molecular complexity index is 1070. The molecule has 160 valence electrons. The molecular formula is C24H24ClN3O3. The highest BCUT2D eigenvalue weighted by atomic mass is 35.5. The van der Waals surface area contributed by atoms with Gasteiger partial charge in [-0.15, -0.1) is 0 Å². The Morgan fingerprint density at radius 1 is 1.03 bits per heavy atom. The van der Waals surface area contributed by atoms with E-state index >= 15 is 0 Å². The molecule has 5 rings (SSSR count). The fourth-order valence-electron chi connectivity index (χ4n) is 5.43. The number of fused-ring (bicyclic) bond motifs is 4. The van der Waals surface area contributed by atoms with Crippen molar-refractivity contribution in [2.75, 3.05) is 11.9 Å². The molecule has 31 heavy (non-hydrogen) atoms. The van der Waals surface area contributed by atoms with E-state index in [1.807, 2.05) is 43.3 Å². The molecule has 0 bridgehead atoms. The molecule has 1 spiro atoms. The highest BCUT2D eigenvalue weighted by Gasteiger charge is 2.70. The maximum absolute atomic E-state index is 13.6. The molecule has 4 atom stereocenters. The van der Waals surface area contributed by atoms with E-state index in [0.717, 1.165) is 18.4 Å². The van der Waals surface area contributed by atoms with Crippen molar-refractivity contribution in [2.45, 2.75) is 37.8 Å². The van der Waals surface area contributed by atoms with Gasteiger partial charge in [0.05, 0.1) is 22.5 Å². The van der Waals surface area contributed by atoms with E-state index in [9.17, 15) is 14.4 Å². The first-order valence-corrected chi connectivity index (χ1v) is 11.1. The number of anilines is 1. The van der Waals surface area contributed by atoms with Crippen molar-refractivity contribution >= 4 is 35.0 Å². The van der Waals surface area contributed by atoms with Crippen molar-refractivity contribution < 1.29 is 14.4 Å². The van der Waals surface area contributed by atoms with Gasteiger partial charge in [0.25, 0.3) is 0 Å². The molecule has 2 saturated heterocycles. The van der Waals surface area contributed by atoms with E-state index in [0.29, 0.717) is 29.2 Å². The van der Waals surface area contributed by atoms with Crippen molar-refractivity contribution in [3.05, 3.63) is 64.7 Å². The van der Waals surface area contributed by atoms with Gasteiger partial charge in [0.1, 0.15) is 5.54 Å². The van der Waals surface area contributed by atoms with Gasteiger partial charge in [-0.1, -0.05) is 67.4 Å². The van der Waals surface area contributed by atoms with E-state index in [-0.39, 0.29) is 23.8 Å². The maximum Gasteiger partial charge on any atom is 0.250 e. The monoisotopic (exact) mass is 437 g/mol. The summed E-state index contributed by atoms with van der Waals surface area (Å²) in [7, 11) is 0. The number of carbonyl (C=O) groups is 3. The summed E-state index contributed by atoms with van der Waals surface area (Å²) in [6.07, 6.45) is 2.17. The van der Waals surface area contributed by atoms with Crippen LogP contribution in [0, 0.1) is 11.8 Å². The highest BCUT2D eigenvalue weighted by Crippen LogP contribution is 2.54. The largest absolute Gasteiger partial charge is 0.323 e. The third-order valence-corrected chi connectivity index (χ3v) is 7.14. The lowest BCUT2D eigenvalue weighted by atomic mass is 9.76. The number of unbranched alkanes of at least 4 members (excludes halogenated alkanes) is 1. The molecular weight excluding hydrogens is 414 g/mol. The maximum atomic E-state index is 13.6. The van der Waals surface area contributed by atoms with Crippen LogP contribution < -0.4 is 10.6 Å². The second-order valence-corrected chi connectivity index (χ2v) is 8.96. The van der Waals surface area contributed by atoms with Gasteiger partial charge in [-0.2, -0.15) is 0 Å². The molecule has 3 aliphatic rings. The zero-order valence-corrected chi connectivity index (χ0v) is 18.0. The molecule has 0 aliphatic carbocycles. The van der Waals surface area contributed by atoms with Crippen LogP contribution in [0.4, 0.5) is 5.69 Å². The zero-order chi connectivity index (χ0) is 21.8. The molecule has 3 heterocycles. The highest BCUT2D eigenvalue weighted by molar-refractivity contribution is 6.35. The number of likely N-dealkylation sites (tertiary alicyclic amines) is 1. The molecule has 7 heteroatoms. The van der Waals surface area contributed by atoms with Gasteiger partial charge < -0.3 is 5.32 Å². The molecule has 3 amide bonds. The molecule has 2 fully saturated rings. The number of benzene rings is 2. The standard InChI is InChI=1S/C24H24ClN3O3/c1-2-3-12-28-21(29)18-17(13-14-8-5-4-6-9-14)27-24(19(18)22(28)30)15-10-7-11-16(25)20(15)26-23(24)31/h4-11,17-19,27H,2-3,12-13H2,1H3,(H,26,31)/t17-,18+,19-,24-/m0/s1. The van der Waals surface area contributed by atoms with Gasteiger partial charge in [0.15, 0.2) is 0 Å². The first kappa shape index (κ1) is 20.2. The average Bonchev–Trinajstić information content (AvgIpc) is 3.34. The predicted molar refractivity (Wildman–Crippen MR) is 117 cm³/mol. The molecule has 0 aromatic heterocycles. The summed E-state index contributed by atoms with van der Waals surface area (Å²) >= 11 is 6.36. The Morgan fingerprint density at radius 2 is 1.81 bits per heavy atom. The van der Waals surface area contributed by atoms with E-state index < -0.39 is 17.4 Å². The molecule has 2 N–H and O–H groups in total. The number of rotatable bonds is 5. The Balaban J connectivity index is 1.62. The van der Waals surface area contributed by atoms with Gasteiger partial charge in [-0.05, 0) is 24.5 Å². The number of hydrogen-bond acceptors (Lipinski definition) is 4. The van der Waals surface area contributed by atoms with Gasteiger partial charge in [-0.25, -0.2) is 0 Å². The number of amides is 3. The molecule has 2 aromatic rings. The van der Waals surface area contributed by atoms with Crippen molar-refractivity contribution in [1.82, 2.24) is 10.2 Å². The second-order valence-electron chi connectivity index (χ2n) is 8.55. The minimum absolute atomic E-state index is 0.183. The van der Waals surface area contributed by atoms with E-state index in [4.69, 9.17) is 11.6 Å². The molecule has 0 unspecified atom stereocenters. The third-order valence-electron chi connectivity index (χ3n) is 6.82. The predicted octanol–water partition coefficient (Wildman–Crippen LogP) is 3.10. The molecule has 0 radical (unpaired) electrons. The molecule has 3 aliphatic heterocycles. The van der Waals surface area contributed by atoms with Crippen LogP contribution in [-0.4, -0.2) is 35.2 Å². The van der Waals surface area contributed by atoms with Crippen LogP contribution >= 0.6 is 11.6 Å². The Morgan fingerprint density at radius 3 is 2.55 bits per heavy atom. The number of imide groups is 1. The molecule has 6 nitrogen and oxygen atoms in total. The Kier molecular flexibility index (Phi) is 4.87. The van der Waals surface area contributed by atoms with Crippen molar-refractivity contribution in [3.63, 3.8) is 0 Å². The van der Waals surface area contributed by atoms with Crippen LogP contribution in [0.1, 0.15) is 30.9 Å². The lowest BCUT2D eigenvalue weighted by Gasteiger charge is -2.29. The topological polar surface area (TPSA) is 78.5 Å². The number of halogens is 1.